The van der Waals surface area contributed by atoms with Crippen molar-refractivity contribution in [3.8, 4) is 5.75 Å². The van der Waals surface area contributed by atoms with E-state index in [-0.39, 0.29) is 5.75 Å². The third-order valence-corrected chi connectivity index (χ3v) is 2.69. The standard InChI is InChI=1S/C12H12N2O2/c15-10-3-1-2-8(6-10)7-11-13-12(14-16-11)9-4-5-9/h1-3,6,9,15H,4-5,7H2. The van der Waals surface area contributed by atoms with Gasteiger partial charge in [-0.1, -0.05) is 17.3 Å². The van der Waals surface area contributed by atoms with Gasteiger partial charge in [0.05, 0.1) is 6.42 Å². The van der Waals surface area contributed by atoms with E-state index >= 15 is 0 Å². The van der Waals surface area contributed by atoms with Gasteiger partial charge in [0.2, 0.25) is 5.89 Å². The molecule has 16 heavy (non-hydrogen) atoms. The number of aromatic hydroxyl groups is 1. The van der Waals surface area contributed by atoms with Crippen LogP contribution in [-0.2, 0) is 6.42 Å². The van der Waals surface area contributed by atoms with Crippen LogP contribution in [0.5, 0.6) is 5.75 Å². The number of benzene rings is 1. The predicted octanol–water partition coefficient (Wildman–Crippen LogP) is 2.24. The average molecular weight is 216 g/mol. The summed E-state index contributed by atoms with van der Waals surface area (Å²) in [4.78, 5) is 4.34. The normalized spacial score (nSPS) is 15.2. The summed E-state index contributed by atoms with van der Waals surface area (Å²) in [6.45, 7) is 0. The van der Waals surface area contributed by atoms with Gasteiger partial charge in [-0.05, 0) is 30.5 Å². The predicted molar refractivity (Wildman–Crippen MR) is 57.2 cm³/mol. The summed E-state index contributed by atoms with van der Waals surface area (Å²) in [5, 5.41) is 13.3. The van der Waals surface area contributed by atoms with Gasteiger partial charge in [-0.3, -0.25) is 0 Å². The average Bonchev–Trinajstić information content (AvgIpc) is 3.01. The van der Waals surface area contributed by atoms with Crippen LogP contribution in [0.2, 0.25) is 0 Å². The van der Waals surface area contributed by atoms with Crippen molar-refractivity contribution < 1.29 is 9.63 Å². The van der Waals surface area contributed by atoms with Crippen molar-refractivity contribution in [3.05, 3.63) is 41.5 Å². The van der Waals surface area contributed by atoms with Crippen molar-refractivity contribution in [3.63, 3.8) is 0 Å². The first-order valence-corrected chi connectivity index (χ1v) is 5.41. The lowest BCUT2D eigenvalue weighted by Gasteiger charge is -1.96. The second-order valence-corrected chi connectivity index (χ2v) is 4.17. The molecule has 1 N–H and O–H groups in total. The molecule has 0 atom stereocenters. The van der Waals surface area contributed by atoms with Crippen molar-refractivity contribution in [2.24, 2.45) is 0 Å². The molecule has 1 aliphatic carbocycles. The van der Waals surface area contributed by atoms with Crippen LogP contribution in [0.4, 0.5) is 0 Å². The zero-order valence-corrected chi connectivity index (χ0v) is 8.76. The van der Waals surface area contributed by atoms with Gasteiger partial charge in [0, 0.05) is 5.92 Å². The molecule has 4 heteroatoms. The van der Waals surface area contributed by atoms with Crippen molar-refractivity contribution in [2.75, 3.05) is 0 Å². The number of nitrogens with zero attached hydrogens (tertiary/aromatic N) is 2. The van der Waals surface area contributed by atoms with Gasteiger partial charge in [0.25, 0.3) is 0 Å². The second-order valence-electron chi connectivity index (χ2n) is 4.17. The lowest BCUT2D eigenvalue weighted by molar-refractivity contribution is 0.379. The molecule has 1 saturated carbocycles. The summed E-state index contributed by atoms with van der Waals surface area (Å²) in [6, 6.07) is 7.09. The molecule has 1 aromatic carbocycles. The number of hydrogen-bond donors (Lipinski definition) is 1. The minimum atomic E-state index is 0.263. The van der Waals surface area contributed by atoms with Crippen LogP contribution in [0.25, 0.3) is 0 Å². The maximum atomic E-state index is 9.33. The largest absolute Gasteiger partial charge is 0.508 e. The van der Waals surface area contributed by atoms with E-state index in [4.69, 9.17) is 4.52 Å². The van der Waals surface area contributed by atoms with Crippen LogP contribution in [0.3, 0.4) is 0 Å². The number of phenolic OH excluding ortho intramolecular Hbond substituents is 1. The molecule has 0 saturated heterocycles. The highest BCUT2D eigenvalue weighted by Crippen LogP contribution is 2.38. The molecule has 0 spiro atoms. The highest BCUT2D eigenvalue weighted by molar-refractivity contribution is 5.28. The molecule has 0 radical (unpaired) electrons. The number of aromatic nitrogens is 2. The fourth-order valence-electron chi connectivity index (χ4n) is 1.69. The molecule has 82 valence electrons. The van der Waals surface area contributed by atoms with E-state index in [1.807, 2.05) is 12.1 Å². The van der Waals surface area contributed by atoms with Gasteiger partial charge in [0.15, 0.2) is 5.82 Å². The van der Waals surface area contributed by atoms with Crippen LogP contribution >= 0.6 is 0 Å². The summed E-state index contributed by atoms with van der Waals surface area (Å²) in [7, 11) is 0. The Morgan fingerprint density at radius 1 is 1.38 bits per heavy atom. The van der Waals surface area contributed by atoms with Crippen LogP contribution in [0, 0.1) is 0 Å². The third kappa shape index (κ3) is 1.91. The Balaban J connectivity index is 1.77. The van der Waals surface area contributed by atoms with Crippen molar-refractivity contribution in [1.82, 2.24) is 10.1 Å². The second kappa shape index (κ2) is 3.63. The molecule has 0 unspecified atom stereocenters. The molecule has 3 rings (SSSR count). The highest BCUT2D eigenvalue weighted by Gasteiger charge is 2.28. The van der Waals surface area contributed by atoms with Gasteiger partial charge in [-0.25, -0.2) is 0 Å². The quantitative estimate of drug-likeness (QED) is 0.854. The highest BCUT2D eigenvalue weighted by atomic mass is 16.5. The van der Waals surface area contributed by atoms with Gasteiger partial charge < -0.3 is 9.63 Å². The molecule has 4 nitrogen and oxygen atoms in total. The lowest BCUT2D eigenvalue weighted by atomic mass is 10.1. The minimum Gasteiger partial charge on any atom is -0.508 e. The fourth-order valence-corrected chi connectivity index (χ4v) is 1.69. The van der Waals surface area contributed by atoms with Gasteiger partial charge in [0.1, 0.15) is 5.75 Å². The number of rotatable bonds is 3. The van der Waals surface area contributed by atoms with Crippen LogP contribution in [-0.4, -0.2) is 15.2 Å². The molecule has 0 bridgehead atoms. The smallest absolute Gasteiger partial charge is 0.231 e. The fraction of sp³-hybridized carbons (Fsp3) is 0.333. The van der Waals surface area contributed by atoms with Gasteiger partial charge in [-0.2, -0.15) is 4.98 Å². The van der Waals surface area contributed by atoms with Crippen molar-refractivity contribution in [2.45, 2.75) is 25.2 Å². The summed E-state index contributed by atoms with van der Waals surface area (Å²) in [6.07, 6.45) is 2.92. The first kappa shape index (κ1) is 9.39. The number of phenols is 1. The van der Waals surface area contributed by atoms with Gasteiger partial charge >= 0.3 is 0 Å². The minimum absolute atomic E-state index is 0.263. The molecule has 1 aliphatic rings. The Hall–Kier alpha value is -1.84. The molecular formula is C12H12N2O2. The van der Waals surface area contributed by atoms with Gasteiger partial charge in [-0.15, -0.1) is 0 Å². The SMILES string of the molecule is Oc1cccc(Cc2nc(C3CC3)no2)c1. The zero-order valence-electron chi connectivity index (χ0n) is 8.76. The Morgan fingerprint density at radius 2 is 2.25 bits per heavy atom. The Morgan fingerprint density at radius 3 is 3.00 bits per heavy atom. The molecule has 2 aromatic rings. The molecule has 1 fully saturated rings. The van der Waals surface area contributed by atoms with E-state index in [1.165, 1.54) is 12.8 Å². The van der Waals surface area contributed by atoms with E-state index in [2.05, 4.69) is 10.1 Å². The van der Waals surface area contributed by atoms with Crippen LogP contribution in [0.1, 0.15) is 36.0 Å². The Bertz CT molecular complexity index is 503. The summed E-state index contributed by atoms with van der Waals surface area (Å²) in [5.74, 6) is 2.23. The van der Waals surface area contributed by atoms with E-state index in [9.17, 15) is 5.11 Å². The Kier molecular flexibility index (Phi) is 2.13. The topological polar surface area (TPSA) is 59.2 Å². The maximum Gasteiger partial charge on any atom is 0.231 e. The monoisotopic (exact) mass is 216 g/mol. The summed E-state index contributed by atoms with van der Waals surface area (Å²) < 4.78 is 5.17. The summed E-state index contributed by atoms with van der Waals surface area (Å²) in [5.41, 5.74) is 0.978. The van der Waals surface area contributed by atoms with Crippen molar-refractivity contribution >= 4 is 0 Å². The first-order valence-electron chi connectivity index (χ1n) is 5.41. The van der Waals surface area contributed by atoms with E-state index < -0.39 is 0 Å². The Labute approximate surface area is 92.9 Å². The van der Waals surface area contributed by atoms with Crippen LogP contribution in [0.15, 0.2) is 28.8 Å². The summed E-state index contributed by atoms with van der Waals surface area (Å²) >= 11 is 0. The lowest BCUT2D eigenvalue weighted by Crippen LogP contribution is -1.89. The van der Waals surface area contributed by atoms with E-state index in [0.29, 0.717) is 18.2 Å². The van der Waals surface area contributed by atoms with E-state index in [1.54, 1.807) is 12.1 Å². The third-order valence-electron chi connectivity index (χ3n) is 2.69. The molecule has 0 aliphatic heterocycles. The van der Waals surface area contributed by atoms with Crippen molar-refractivity contribution in [1.29, 1.82) is 0 Å². The maximum absolute atomic E-state index is 9.33. The zero-order chi connectivity index (χ0) is 11.0. The first-order chi connectivity index (χ1) is 7.81. The molecule has 1 heterocycles. The molecular weight excluding hydrogens is 204 g/mol. The van der Waals surface area contributed by atoms with Crippen LogP contribution < -0.4 is 0 Å². The molecule has 1 aromatic heterocycles. The van der Waals surface area contributed by atoms with E-state index in [0.717, 1.165) is 11.4 Å². The number of hydrogen-bond acceptors (Lipinski definition) is 4. The molecule has 0 amide bonds.